The first-order valence-corrected chi connectivity index (χ1v) is 9.33. The van der Waals surface area contributed by atoms with Crippen molar-refractivity contribution in [3.8, 4) is 5.75 Å². The van der Waals surface area contributed by atoms with Crippen molar-refractivity contribution in [1.82, 2.24) is 14.8 Å². The lowest BCUT2D eigenvalue weighted by atomic mass is 10.3. The molecular weight excluding hydrogens is 391 g/mol. The highest BCUT2D eigenvalue weighted by molar-refractivity contribution is 7.99. The van der Waals surface area contributed by atoms with Crippen molar-refractivity contribution in [2.45, 2.75) is 11.8 Å². The minimum Gasteiger partial charge on any atom is -0.486 e. The molecule has 0 fully saturated rings. The second kappa shape index (κ2) is 8.88. The van der Waals surface area contributed by atoms with E-state index in [-0.39, 0.29) is 24.1 Å². The molecule has 27 heavy (non-hydrogen) atoms. The average Bonchev–Trinajstić information content (AvgIpc) is 3.01. The summed E-state index contributed by atoms with van der Waals surface area (Å²) < 4.78 is 20.2. The molecular formula is C18H16ClFN4O2S. The van der Waals surface area contributed by atoms with Crippen LogP contribution in [-0.4, -0.2) is 26.4 Å². The molecule has 0 saturated heterocycles. The summed E-state index contributed by atoms with van der Waals surface area (Å²) in [5.74, 6) is 0.770. The molecule has 2 aromatic carbocycles. The van der Waals surface area contributed by atoms with Gasteiger partial charge in [0.05, 0.1) is 16.5 Å². The summed E-state index contributed by atoms with van der Waals surface area (Å²) >= 11 is 7.28. The molecule has 3 rings (SSSR count). The van der Waals surface area contributed by atoms with Gasteiger partial charge in [-0.15, -0.1) is 10.2 Å². The van der Waals surface area contributed by atoms with Crippen molar-refractivity contribution in [1.29, 1.82) is 0 Å². The molecule has 140 valence electrons. The normalized spacial score (nSPS) is 10.6. The van der Waals surface area contributed by atoms with Gasteiger partial charge in [0.2, 0.25) is 5.91 Å². The molecule has 1 heterocycles. The molecule has 6 nitrogen and oxygen atoms in total. The van der Waals surface area contributed by atoms with Gasteiger partial charge in [0.25, 0.3) is 0 Å². The lowest BCUT2D eigenvalue weighted by molar-refractivity contribution is -0.113. The van der Waals surface area contributed by atoms with Gasteiger partial charge in [-0.25, -0.2) is 4.39 Å². The number of para-hydroxylation sites is 1. The van der Waals surface area contributed by atoms with E-state index in [0.29, 0.717) is 27.4 Å². The molecule has 1 N–H and O–H groups in total. The smallest absolute Gasteiger partial charge is 0.234 e. The summed E-state index contributed by atoms with van der Waals surface area (Å²) in [6.07, 6.45) is 0. The number of carbonyl (C=O) groups excluding carboxylic acids is 1. The Morgan fingerprint density at radius 2 is 1.96 bits per heavy atom. The number of aromatic nitrogens is 3. The lowest BCUT2D eigenvalue weighted by Gasteiger charge is -2.07. The molecule has 1 amide bonds. The standard InChI is InChI=1S/C18H16ClFN4O2S/c1-24-16(10-26-13-8-6-12(20)7-9-13)22-23-18(24)27-11-17(25)21-15-5-3-2-4-14(15)19/h2-9H,10-11H2,1H3,(H,21,25). The zero-order valence-electron chi connectivity index (χ0n) is 14.4. The van der Waals surface area contributed by atoms with E-state index in [9.17, 15) is 9.18 Å². The third-order valence-corrected chi connectivity index (χ3v) is 4.94. The van der Waals surface area contributed by atoms with Crippen molar-refractivity contribution in [2.75, 3.05) is 11.1 Å². The minimum absolute atomic E-state index is 0.163. The van der Waals surface area contributed by atoms with E-state index in [2.05, 4.69) is 15.5 Å². The van der Waals surface area contributed by atoms with Gasteiger partial charge >= 0.3 is 0 Å². The Kier molecular flexibility index (Phi) is 6.31. The molecule has 0 radical (unpaired) electrons. The van der Waals surface area contributed by atoms with Crippen LogP contribution in [0, 0.1) is 5.82 Å². The third kappa shape index (κ3) is 5.21. The fourth-order valence-electron chi connectivity index (χ4n) is 2.15. The fourth-order valence-corrected chi connectivity index (χ4v) is 3.07. The van der Waals surface area contributed by atoms with Crippen LogP contribution in [0.2, 0.25) is 5.02 Å². The van der Waals surface area contributed by atoms with Crippen molar-refractivity contribution >= 4 is 35.0 Å². The Morgan fingerprint density at radius 1 is 1.22 bits per heavy atom. The van der Waals surface area contributed by atoms with Crippen molar-refractivity contribution in [3.63, 3.8) is 0 Å². The van der Waals surface area contributed by atoms with E-state index in [1.165, 1.54) is 23.9 Å². The number of ether oxygens (including phenoxy) is 1. The van der Waals surface area contributed by atoms with Crippen molar-refractivity contribution in [3.05, 3.63) is 65.2 Å². The van der Waals surface area contributed by atoms with Crippen LogP contribution in [0.4, 0.5) is 10.1 Å². The number of halogens is 2. The van der Waals surface area contributed by atoms with E-state index in [1.54, 1.807) is 48.0 Å². The summed E-state index contributed by atoms with van der Waals surface area (Å²) in [5.41, 5.74) is 0.566. The van der Waals surface area contributed by atoms with Gasteiger partial charge in [-0.2, -0.15) is 0 Å². The van der Waals surface area contributed by atoms with Crippen LogP contribution in [0.25, 0.3) is 0 Å². The Bertz CT molecular complexity index is 933. The SMILES string of the molecule is Cn1c(COc2ccc(F)cc2)nnc1SCC(=O)Nc1ccccc1Cl. The number of hydrogen-bond acceptors (Lipinski definition) is 5. The van der Waals surface area contributed by atoms with E-state index < -0.39 is 0 Å². The van der Waals surface area contributed by atoms with Crippen molar-refractivity contribution < 1.29 is 13.9 Å². The number of amides is 1. The maximum Gasteiger partial charge on any atom is 0.234 e. The third-order valence-electron chi connectivity index (χ3n) is 3.59. The first-order chi connectivity index (χ1) is 13.0. The van der Waals surface area contributed by atoms with Gasteiger partial charge in [0.15, 0.2) is 11.0 Å². The highest BCUT2D eigenvalue weighted by Crippen LogP contribution is 2.22. The summed E-state index contributed by atoms with van der Waals surface area (Å²) in [5, 5.41) is 12.0. The molecule has 0 atom stereocenters. The second-order valence-corrected chi connectivity index (χ2v) is 6.87. The number of thioether (sulfide) groups is 1. The second-order valence-electron chi connectivity index (χ2n) is 5.52. The zero-order valence-corrected chi connectivity index (χ0v) is 15.9. The number of benzene rings is 2. The van der Waals surface area contributed by atoms with Crippen LogP contribution in [0.15, 0.2) is 53.7 Å². The van der Waals surface area contributed by atoms with Crippen LogP contribution in [0.1, 0.15) is 5.82 Å². The largest absolute Gasteiger partial charge is 0.486 e. The summed E-state index contributed by atoms with van der Waals surface area (Å²) in [7, 11) is 1.79. The lowest BCUT2D eigenvalue weighted by Crippen LogP contribution is -2.14. The van der Waals surface area contributed by atoms with E-state index in [4.69, 9.17) is 16.3 Å². The first kappa shape index (κ1) is 19.2. The van der Waals surface area contributed by atoms with E-state index in [0.717, 1.165) is 0 Å². The Morgan fingerprint density at radius 3 is 2.70 bits per heavy atom. The molecule has 0 aliphatic heterocycles. The molecule has 9 heteroatoms. The Labute approximate surface area is 164 Å². The number of carbonyl (C=O) groups is 1. The summed E-state index contributed by atoms with van der Waals surface area (Å²) in [6, 6.07) is 12.8. The highest BCUT2D eigenvalue weighted by Gasteiger charge is 2.13. The molecule has 3 aromatic rings. The van der Waals surface area contributed by atoms with Gasteiger partial charge in [0.1, 0.15) is 18.2 Å². The van der Waals surface area contributed by atoms with Crippen LogP contribution >= 0.6 is 23.4 Å². The predicted molar refractivity (Wildman–Crippen MR) is 103 cm³/mol. The van der Waals surface area contributed by atoms with Gasteiger partial charge < -0.3 is 14.6 Å². The van der Waals surface area contributed by atoms with Crippen LogP contribution in [-0.2, 0) is 18.4 Å². The maximum absolute atomic E-state index is 12.9. The van der Waals surface area contributed by atoms with Gasteiger partial charge in [-0.05, 0) is 36.4 Å². The molecule has 0 aliphatic carbocycles. The monoisotopic (exact) mass is 406 g/mol. The molecule has 0 bridgehead atoms. The van der Waals surface area contributed by atoms with Crippen LogP contribution < -0.4 is 10.1 Å². The number of nitrogens with zero attached hydrogens (tertiary/aromatic N) is 3. The Balaban J connectivity index is 1.53. The van der Waals surface area contributed by atoms with Gasteiger partial charge in [0, 0.05) is 7.05 Å². The topological polar surface area (TPSA) is 69.0 Å². The number of nitrogens with one attached hydrogen (secondary N) is 1. The summed E-state index contributed by atoms with van der Waals surface area (Å²) in [6.45, 7) is 0.182. The van der Waals surface area contributed by atoms with E-state index in [1.807, 2.05) is 0 Å². The molecule has 0 aliphatic rings. The predicted octanol–water partition coefficient (Wildman–Crippen LogP) is 3.92. The van der Waals surface area contributed by atoms with Crippen LogP contribution in [0.5, 0.6) is 5.75 Å². The van der Waals surface area contributed by atoms with E-state index >= 15 is 0 Å². The maximum atomic E-state index is 12.9. The molecule has 0 spiro atoms. The van der Waals surface area contributed by atoms with Crippen molar-refractivity contribution in [2.24, 2.45) is 7.05 Å². The minimum atomic E-state index is -0.324. The average molecular weight is 407 g/mol. The molecule has 0 saturated carbocycles. The van der Waals surface area contributed by atoms with Gasteiger partial charge in [-0.3, -0.25) is 4.79 Å². The number of anilines is 1. The first-order valence-electron chi connectivity index (χ1n) is 7.97. The highest BCUT2D eigenvalue weighted by atomic mass is 35.5. The molecule has 1 aromatic heterocycles. The Hall–Kier alpha value is -2.58. The quantitative estimate of drug-likeness (QED) is 0.602. The zero-order chi connectivity index (χ0) is 19.2. The fraction of sp³-hybridized carbons (Fsp3) is 0.167. The number of hydrogen-bond donors (Lipinski definition) is 1. The van der Waals surface area contributed by atoms with Crippen LogP contribution in [0.3, 0.4) is 0 Å². The summed E-state index contributed by atoms with van der Waals surface area (Å²) in [4.78, 5) is 12.1. The molecule has 0 unspecified atom stereocenters. The van der Waals surface area contributed by atoms with Gasteiger partial charge in [-0.1, -0.05) is 35.5 Å². The number of rotatable bonds is 7.